The molecule has 1 aliphatic heterocycles. The normalized spacial score (nSPS) is 14.7. The van der Waals surface area contributed by atoms with Crippen LogP contribution in [0.25, 0.3) is 5.76 Å². The summed E-state index contributed by atoms with van der Waals surface area (Å²) < 4.78 is 17.8. The summed E-state index contributed by atoms with van der Waals surface area (Å²) in [6.45, 7) is 0. The number of fused-ring (bicyclic) bond motifs is 1. The molecule has 104 valence electrons. The fourth-order valence-electron chi connectivity index (χ4n) is 2.02. The highest BCUT2D eigenvalue weighted by Gasteiger charge is 2.26. The van der Waals surface area contributed by atoms with Gasteiger partial charge in [0, 0.05) is 17.3 Å². The summed E-state index contributed by atoms with van der Waals surface area (Å²) in [4.78, 5) is 23.5. The molecule has 1 N–H and O–H groups in total. The van der Waals surface area contributed by atoms with Gasteiger partial charge in [0.25, 0.3) is 5.91 Å². The molecule has 0 saturated carbocycles. The minimum Gasteiger partial charge on any atom is -0.422 e. The van der Waals surface area contributed by atoms with Crippen molar-refractivity contribution in [2.24, 2.45) is 0 Å². The van der Waals surface area contributed by atoms with E-state index in [1.165, 1.54) is 30.3 Å². The summed E-state index contributed by atoms with van der Waals surface area (Å²) in [5, 5.41) is 2.57. The first-order valence-electron chi connectivity index (χ1n) is 6.23. The van der Waals surface area contributed by atoms with Crippen LogP contribution < -0.4 is 5.32 Å². The first-order valence-corrected chi connectivity index (χ1v) is 6.23. The zero-order valence-electron chi connectivity index (χ0n) is 10.8. The monoisotopic (exact) mass is 283 g/mol. The van der Waals surface area contributed by atoms with Crippen LogP contribution in [0.1, 0.15) is 15.9 Å². The number of rotatable bonds is 2. The van der Waals surface area contributed by atoms with Gasteiger partial charge in [-0.05, 0) is 30.3 Å². The highest BCUT2D eigenvalue weighted by molar-refractivity contribution is 6.09. The third kappa shape index (κ3) is 2.67. The summed E-state index contributed by atoms with van der Waals surface area (Å²) in [5.74, 6) is -1.12. The molecule has 4 nitrogen and oxygen atoms in total. The second-order valence-corrected chi connectivity index (χ2v) is 4.44. The van der Waals surface area contributed by atoms with E-state index in [0.29, 0.717) is 16.8 Å². The van der Waals surface area contributed by atoms with Gasteiger partial charge in [-0.2, -0.15) is 0 Å². The second-order valence-electron chi connectivity index (χ2n) is 4.44. The smallest absolute Gasteiger partial charge is 0.344 e. The Morgan fingerprint density at radius 1 is 1.05 bits per heavy atom. The number of ether oxygens (including phenoxy) is 1. The van der Waals surface area contributed by atoms with Gasteiger partial charge in [0.2, 0.25) is 0 Å². The summed E-state index contributed by atoms with van der Waals surface area (Å²) >= 11 is 0. The van der Waals surface area contributed by atoms with Crippen molar-refractivity contribution in [1.82, 2.24) is 0 Å². The molecule has 1 heterocycles. The van der Waals surface area contributed by atoms with Gasteiger partial charge in [0.1, 0.15) is 11.6 Å². The maximum atomic E-state index is 12.8. The highest BCUT2D eigenvalue weighted by Crippen LogP contribution is 2.29. The standard InChI is InChI=1S/C16H10FNO3/c17-10-5-7-11(8-6-10)18-15(19)9-14-12-3-1-2-4-13(12)16(20)21-14/h1-9H,(H,18,19)/b14-9-. The van der Waals surface area contributed by atoms with Crippen LogP contribution in [-0.2, 0) is 9.53 Å². The van der Waals surface area contributed by atoms with Crippen LogP contribution in [0, 0.1) is 5.82 Å². The van der Waals surface area contributed by atoms with Crippen LogP contribution in [0.15, 0.2) is 54.6 Å². The van der Waals surface area contributed by atoms with Gasteiger partial charge in [-0.25, -0.2) is 9.18 Å². The molecule has 0 aliphatic carbocycles. The zero-order valence-corrected chi connectivity index (χ0v) is 10.8. The van der Waals surface area contributed by atoms with Crippen LogP contribution in [-0.4, -0.2) is 11.9 Å². The predicted octanol–water partition coefficient (Wildman–Crippen LogP) is 2.98. The van der Waals surface area contributed by atoms with E-state index in [-0.39, 0.29) is 11.6 Å². The molecule has 0 aromatic heterocycles. The van der Waals surface area contributed by atoms with Crippen LogP contribution in [0.2, 0.25) is 0 Å². The Labute approximate surface area is 119 Å². The number of cyclic esters (lactones) is 1. The maximum Gasteiger partial charge on any atom is 0.344 e. The lowest BCUT2D eigenvalue weighted by Crippen LogP contribution is -2.08. The summed E-state index contributed by atoms with van der Waals surface area (Å²) in [5.41, 5.74) is 1.46. The molecule has 1 aliphatic rings. The van der Waals surface area contributed by atoms with Gasteiger partial charge in [-0.3, -0.25) is 4.79 Å². The number of benzene rings is 2. The number of carbonyl (C=O) groups is 2. The lowest BCUT2D eigenvalue weighted by molar-refractivity contribution is -0.111. The number of esters is 1. The quantitative estimate of drug-likeness (QED) is 0.681. The number of amides is 1. The van der Waals surface area contributed by atoms with Crippen LogP contribution >= 0.6 is 0 Å². The first-order chi connectivity index (χ1) is 10.1. The number of nitrogens with one attached hydrogen (secondary N) is 1. The summed E-state index contributed by atoms with van der Waals surface area (Å²) in [6, 6.07) is 12.2. The molecule has 1 amide bonds. The van der Waals surface area contributed by atoms with Crippen molar-refractivity contribution in [2.45, 2.75) is 0 Å². The molecule has 0 fully saturated rings. The molecule has 21 heavy (non-hydrogen) atoms. The Balaban J connectivity index is 1.81. The molecule has 0 atom stereocenters. The van der Waals surface area contributed by atoms with Crippen LogP contribution in [0.5, 0.6) is 0 Å². The molecule has 5 heteroatoms. The van der Waals surface area contributed by atoms with Crippen molar-refractivity contribution in [1.29, 1.82) is 0 Å². The lowest BCUT2D eigenvalue weighted by atomic mass is 10.1. The SMILES string of the molecule is O=C(/C=C1\OC(=O)c2ccccc21)Nc1ccc(F)cc1. The Morgan fingerprint density at radius 3 is 2.43 bits per heavy atom. The van der Waals surface area contributed by atoms with Gasteiger partial charge in [-0.15, -0.1) is 0 Å². The van der Waals surface area contributed by atoms with Gasteiger partial charge >= 0.3 is 5.97 Å². The molecule has 0 spiro atoms. The van der Waals surface area contributed by atoms with Crippen molar-refractivity contribution in [3.05, 3.63) is 71.6 Å². The zero-order chi connectivity index (χ0) is 14.8. The fourth-order valence-corrected chi connectivity index (χ4v) is 2.02. The van der Waals surface area contributed by atoms with Gasteiger partial charge < -0.3 is 10.1 Å². The highest BCUT2D eigenvalue weighted by atomic mass is 19.1. The van der Waals surface area contributed by atoms with Crippen molar-refractivity contribution in [3.63, 3.8) is 0 Å². The van der Waals surface area contributed by atoms with Crippen molar-refractivity contribution in [3.8, 4) is 0 Å². The van der Waals surface area contributed by atoms with E-state index >= 15 is 0 Å². The van der Waals surface area contributed by atoms with E-state index in [0.717, 1.165) is 0 Å². The summed E-state index contributed by atoms with van der Waals surface area (Å²) in [6.07, 6.45) is 1.20. The van der Waals surface area contributed by atoms with E-state index in [2.05, 4.69) is 5.32 Å². The molecule has 0 radical (unpaired) electrons. The Hall–Kier alpha value is -2.95. The third-order valence-electron chi connectivity index (χ3n) is 2.99. The van der Waals surface area contributed by atoms with E-state index in [4.69, 9.17) is 4.74 Å². The minimum atomic E-state index is -0.480. The van der Waals surface area contributed by atoms with Crippen molar-refractivity contribution < 1.29 is 18.7 Å². The number of anilines is 1. The number of halogens is 1. The summed E-state index contributed by atoms with van der Waals surface area (Å²) in [7, 11) is 0. The maximum absolute atomic E-state index is 12.8. The average Bonchev–Trinajstić information content (AvgIpc) is 2.78. The van der Waals surface area contributed by atoms with Gasteiger partial charge in [-0.1, -0.05) is 18.2 Å². The number of hydrogen-bond donors (Lipinski definition) is 1. The van der Waals surface area contributed by atoms with E-state index in [1.54, 1.807) is 24.3 Å². The Bertz CT molecular complexity index is 750. The lowest BCUT2D eigenvalue weighted by Gasteiger charge is -2.02. The predicted molar refractivity (Wildman–Crippen MR) is 74.9 cm³/mol. The minimum absolute atomic E-state index is 0.204. The molecule has 0 bridgehead atoms. The van der Waals surface area contributed by atoms with Crippen molar-refractivity contribution >= 4 is 23.3 Å². The second kappa shape index (κ2) is 5.20. The molecule has 2 aromatic rings. The first kappa shape index (κ1) is 13.1. The molecule has 0 unspecified atom stereocenters. The van der Waals surface area contributed by atoms with Crippen LogP contribution in [0.3, 0.4) is 0 Å². The molecule has 2 aromatic carbocycles. The molecule has 0 saturated heterocycles. The largest absolute Gasteiger partial charge is 0.422 e. The van der Waals surface area contributed by atoms with E-state index < -0.39 is 11.9 Å². The average molecular weight is 283 g/mol. The van der Waals surface area contributed by atoms with Gasteiger partial charge in [0.15, 0.2) is 0 Å². The number of carbonyl (C=O) groups excluding carboxylic acids is 2. The molecule has 3 rings (SSSR count). The Morgan fingerprint density at radius 2 is 1.71 bits per heavy atom. The molecular formula is C16H10FNO3. The molecular weight excluding hydrogens is 273 g/mol. The van der Waals surface area contributed by atoms with E-state index in [9.17, 15) is 14.0 Å². The Kier molecular flexibility index (Phi) is 3.23. The van der Waals surface area contributed by atoms with E-state index in [1.807, 2.05) is 0 Å². The fraction of sp³-hybridized carbons (Fsp3) is 0. The number of hydrogen-bond acceptors (Lipinski definition) is 3. The third-order valence-corrected chi connectivity index (χ3v) is 2.99. The van der Waals surface area contributed by atoms with Gasteiger partial charge in [0.05, 0.1) is 5.56 Å². The van der Waals surface area contributed by atoms with Crippen LogP contribution in [0.4, 0.5) is 10.1 Å². The topological polar surface area (TPSA) is 55.4 Å². The van der Waals surface area contributed by atoms with Crippen molar-refractivity contribution in [2.75, 3.05) is 5.32 Å².